The number of anilines is 1. The van der Waals surface area contributed by atoms with Crippen molar-refractivity contribution in [2.45, 2.75) is 77.9 Å². The predicted molar refractivity (Wildman–Crippen MR) is 149 cm³/mol. The first-order chi connectivity index (χ1) is 18.3. The lowest BCUT2D eigenvalue weighted by molar-refractivity contribution is 0.0487. The molecular weight excluding hydrogens is 518 g/mol. The summed E-state index contributed by atoms with van der Waals surface area (Å²) >= 11 is 0. The standard InChI is InChI=1S/C27H39N7O4S/c1-16(2)31-39(37,38)32-11-10-19(15-32)29-22-12-20(8-9-21(22)25(28)35)34-23-13-27(4,5)33(14-18-6-7-18)26(36)24(23)17(3)30-34/h8-9,12,16,18-19,29,31H,6-7,10-11,13-15H2,1-5H3,(H2,28,35). The quantitative estimate of drug-likeness (QED) is 0.431. The van der Waals surface area contributed by atoms with Crippen molar-refractivity contribution in [2.24, 2.45) is 11.7 Å². The maximum absolute atomic E-state index is 13.6. The summed E-state index contributed by atoms with van der Waals surface area (Å²) in [6.45, 7) is 11.0. The van der Waals surface area contributed by atoms with Crippen LogP contribution in [0.25, 0.3) is 5.69 Å². The van der Waals surface area contributed by atoms with Gasteiger partial charge in [0.25, 0.3) is 22.0 Å². The average molecular weight is 558 g/mol. The Balaban J connectivity index is 1.44. The molecule has 4 N–H and O–H groups in total. The number of fused-ring (bicyclic) bond motifs is 1. The zero-order chi connectivity index (χ0) is 28.3. The summed E-state index contributed by atoms with van der Waals surface area (Å²) in [4.78, 5) is 27.9. The van der Waals surface area contributed by atoms with Gasteiger partial charge in [0.05, 0.1) is 28.2 Å². The molecule has 2 aliphatic heterocycles. The first-order valence-electron chi connectivity index (χ1n) is 13.7. The van der Waals surface area contributed by atoms with E-state index in [1.165, 1.54) is 17.1 Å². The number of carbonyl (C=O) groups is 2. The van der Waals surface area contributed by atoms with Crippen LogP contribution in [0.15, 0.2) is 18.2 Å². The van der Waals surface area contributed by atoms with Crippen LogP contribution in [0.5, 0.6) is 0 Å². The molecule has 2 fully saturated rings. The molecule has 1 saturated carbocycles. The fourth-order valence-corrected chi connectivity index (χ4v) is 7.16. The highest BCUT2D eigenvalue weighted by atomic mass is 32.2. The fourth-order valence-electron chi connectivity index (χ4n) is 5.69. The van der Waals surface area contributed by atoms with E-state index in [0.717, 1.165) is 12.2 Å². The lowest BCUT2D eigenvalue weighted by Crippen LogP contribution is -2.53. The zero-order valence-electron chi connectivity index (χ0n) is 23.3. The number of nitrogens with one attached hydrogen (secondary N) is 2. The molecule has 1 aliphatic carbocycles. The summed E-state index contributed by atoms with van der Waals surface area (Å²) in [6.07, 6.45) is 3.58. The lowest BCUT2D eigenvalue weighted by atomic mass is 9.87. The topological polar surface area (TPSA) is 143 Å². The summed E-state index contributed by atoms with van der Waals surface area (Å²) in [5.74, 6) is 0.0210. The van der Waals surface area contributed by atoms with Crippen LogP contribution in [-0.4, -0.2) is 76.5 Å². The molecule has 1 atom stereocenters. The van der Waals surface area contributed by atoms with Crippen LogP contribution in [0.2, 0.25) is 0 Å². The third-order valence-corrected chi connectivity index (χ3v) is 9.61. The molecule has 2 aromatic rings. The number of primary amides is 1. The molecule has 11 nitrogen and oxygen atoms in total. The van der Waals surface area contributed by atoms with Gasteiger partial charge in [-0.3, -0.25) is 9.59 Å². The molecule has 0 radical (unpaired) electrons. The molecule has 1 aromatic heterocycles. The van der Waals surface area contributed by atoms with Crippen molar-refractivity contribution in [3.63, 3.8) is 0 Å². The molecule has 3 heterocycles. The van der Waals surface area contributed by atoms with Gasteiger partial charge in [-0.05, 0) is 78.0 Å². The molecule has 1 aromatic carbocycles. The molecule has 5 rings (SSSR count). The molecule has 3 aliphatic rings. The van der Waals surface area contributed by atoms with E-state index in [1.54, 1.807) is 30.7 Å². The summed E-state index contributed by atoms with van der Waals surface area (Å²) in [6, 6.07) is 4.84. The van der Waals surface area contributed by atoms with Gasteiger partial charge in [-0.25, -0.2) is 4.68 Å². The van der Waals surface area contributed by atoms with E-state index >= 15 is 0 Å². The summed E-state index contributed by atoms with van der Waals surface area (Å²) in [5, 5.41) is 8.11. The Bertz CT molecular complexity index is 1410. The van der Waals surface area contributed by atoms with E-state index in [9.17, 15) is 18.0 Å². The van der Waals surface area contributed by atoms with Gasteiger partial charge in [0.1, 0.15) is 0 Å². The first kappa shape index (κ1) is 27.6. The zero-order valence-corrected chi connectivity index (χ0v) is 24.1. The smallest absolute Gasteiger partial charge is 0.279 e. The second kappa shape index (κ2) is 9.90. The highest BCUT2D eigenvalue weighted by Crippen LogP contribution is 2.38. The number of hydrogen-bond acceptors (Lipinski definition) is 6. The molecule has 12 heteroatoms. The van der Waals surface area contributed by atoms with Crippen LogP contribution >= 0.6 is 0 Å². The average Bonchev–Trinajstić information content (AvgIpc) is 3.42. The molecule has 2 amide bonds. The van der Waals surface area contributed by atoms with Gasteiger partial charge in [0, 0.05) is 49.4 Å². The Morgan fingerprint density at radius 1 is 1.23 bits per heavy atom. The first-order valence-corrected chi connectivity index (χ1v) is 15.1. The van der Waals surface area contributed by atoms with Gasteiger partial charge in [-0.15, -0.1) is 0 Å². The van der Waals surface area contributed by atoms with Crippen molar-refractivity contribution < 1.29 is 18.0 Å². The van der Waals surface area contributed by atoms with Crippen LogP contribution in [-0.2, 0) is 16.6 Å². The molecule has 1 unspecified atom stereocenters. The Kier molecular flexibility index (Phi) is 7.01. The normalized spacial score (nSPS) is 21.4. The van der Waals surface area contributed by atoms with E-state index in [1.807, 2.05) is 17.9 Å². The van der Waals surface area contributed by atoms with Crippen LogP contribution in [0.3, 0.4) is 0 Å². The maximum Gasteiger partial charge on any atom is 0.279 e. The monoisotopic (exact) mass is 557 g/mol. The Morgan fingerprint density at radius 3 is 2.59 bits per heavy atom. The number of nitrogens with zero attached hydrogens (tertiary/aromatic N) is 4. The molecule has 0 bridgehead atoms. The Hall–Kier alpha value is -2.96. The second-order valence-corrected chi connectivity index (χ2v) is 13.7. The predicted octanol–water partition coefficient (Wildman–Crippen LogP) is 2.20. The fraction of sp³-hybridized carbons (Fsp3) is 0.593. The SMILES string of the molecule is Cc1nn(-c2ccc(C(N)=O)c(NC3CCN(S(=O)(=O)NC(C)C)C3)c2)c2c1C(=O)N(CC1CC1)C(C)(C)C2. The van der Waals surface area contributed by atoms with Crippen molar-refractivity contribution in [3.8, 4) is 5.69 Å². The molecule has 0 spiro atoms. The van der Waals surface area contributed by atoms with Crippen molar-refractivity contribution >= 4 is 27.7 Å². The number of hydrogen-bond donors (Lipinski definition) is 3. The van der Waals surface area contributed by atoms with Crippen LogP contribution in [0.1, 0.15) is 79.1 Å². The third kappa shape index (κ3) is 5.42. The van der Waals surface area contributed by atoms with Crippen molar-refractivity contribution in [3.05, 3.63) is 40.7 Å². The number of rotatable bonds is 9. The van der Waals surface area contributed by atoms with Gasteiger partial charge >= 0.3 is 0 Å². The van der Waals surface area contributed by atoms with Gasteiger partial charge in [-0.2, -0.15) is 22.5 Å². The number of nitrogens with two attached hydrogens (primary N) is 1. The van der Waals surface area contributed by atoms with Gasteiger partial charge in [-0.1, -0.05) is 0 Å². The van der Waals surface area contributed by atoms with Crippen molar-refractivity contribution in [1.29, 1.82) is 0 Å². The van der Waals surface area contributed by atoms with Crippen molar-refractivity contribution in [1.82, 2.24) is 23.7 Å². The Morgan fingerprint density at radius 2 is 1.95 bits per heavy atom. The van der Waals surface area contributed by atoms with E-state index in [0.29, 0.717) is 53.5 Å². The molecule has 39 heavy (non-hydrogen) atoms. The van der Waals surface area contributed by atoms with E-state index in [-0.39, 0.29) is 30.1 Å². The minimum Gasteiger partial charge on any atom is -0.380 e. The van der Waals surface area contributed by atoms with Gasteiger partial charge in [0.15, 0.2) is 0 Å². The largest absolute Gasteiger partial charge is 0.380 e. The summed E-state index contributed by atoms with van der Waals surface area (Å²) in [5.41, 5.74) is 9.04. The van der Waals surface area contributed by atoms with Gasteiger partial charge < -0.3 is 16.0 Å². The minimum absolute atomic E-state index is 0.0197. The number of carbonyl (C=O) groups excluding carboxylic acids is 2. The summed E-state index contributed by atoms with van der Waals surface area (Å²) in [7, 11) is -3.59. The van der Waals surface area contributed by atoms with Crippen molar-refractivity contribution in [2.75, 3.05) is 25.0 Å². The second-order valence-electron chi connectivity index (χ2n) is 12.0. The number of benzene rings is 1. The number of aryl methyl sites for hydroxylation is 1. The van der Waals surface area contributed by atoms with Crippen LogP contribution in [0, 0.1) is 12.8 Å². The molecule has 1 saturated heterocycles. The Labute approximate surface area is 230 Å². The molecular formula is C27H39N7O4S. The van der Waals surface area contributed by atoms with E-state index in [2.05, 4.69) is 23.9 Å². The number of amides is 2. The van der Waals surface area contributed by atoms with E-state index in [4.69, 9.17) is 10.8 Å². The lowest BCUT2D eigenvalue weighted by Gasteiger charge is -2.42. The highest BCUT2D eigenvalue weighted by Gasteiger charge is 2.43. The highest BCUT2D eigenvalue weighted by molar-refractivity contribution is 7.87. The van der Waals surface area contributed by atoms with Crippen LogP contribution < -0.4 is 15.8 Å². The van der Waals surface area contributed by atoms with Gasteiger partial charge in [0.2, 0.25) is 0 Å². The minimum atomic E-state index is -3.59. The summed E-state index contributed by atoms with van der Waals surface area (Å²) < 4.78 is 31.1. The number of aromatic nitrogens is 2. The third-order valence-electron chi connectivity index (χ3n) is 7.83. The molecule has 212 valence electrons. The van der Waals surface area contributed by atoms with Crippen LogP contribution in [0.4, 0.5) is 5.69 Å². The maximum atomic E-state index is 13.6. The van der Waals surface area contributed by atoms with E-state index < -0.39 is 16.1 Å².